The molecule has 3 nitrogen and oxygen atoms in total. The minimum atomic E-state index is 0.382. The van der Waals surface area contributed by atoms with Gasteiger partial charge in [0.05, 0.1) is 6.61 Å². The third-order valence-electron chi connectivity index (χ3n) is 3.71. The van der Waals surface area contributed by atoms with E-state index in [1.54, 1.807) is 7.11 Å². The van der Waals surface area contributed by atoms with Crippen molar-refractivity contribution in [1.29, 1.82) is 0 Å². The normalized spacial score (nSPS) is 25.8. The van der Waals surface area contributed by atoms with Gasteiger partial charge in [0.2, 0.25) is 0 Å². The summed E-state index contributed by atoms with van der Waals surface area (Å²) < 4.78 is 5.15. The maximum absolute atomic E-state index is 6.27. The molecular formula is C14H28N2O. The zero-order valence-corrected chi connectivity index (χ0v) is 11.2. The smallest absolute Gasteiger partial charge is 0.0589 e. The SMILES string of the molecule is C=CCN(CCOC)CC1CCCCCC1N. The van der Waals surface area contributed by atoms with E-state index in [1.165, 1.54) is 32.1 Å². The monoisotopic (exact) mass is 240 g/mol. The van der Waals surface area contributed by atoms with Gasteiger partial charge in [-0.1, -0.05) is 25.3 Å². The summed E-state index contributed by atoms with van der Waals surface area (Å²) in [7, 11) is 1.75. The lowest BCUT2D eigenvalue weighted by molar-refractivity contribution is 0.138. The van der Waals surface area contributed by atoms with E-state index in [0.717, 1.165) is 26.2 Å². The number of hydrogen-bond donors (Lipinski definition) is 1. The first kappa shape index (κ1) is 14.7. The van der Waals surface area contributed by atoms with Crippen molar-refractivity contribution < 1.29 is 4.74 Å². The average molecular weight is 240 g/mol. The fourth-order valence-electron chi connectivity index (χ4n) is 2.63. The predicted octanol–water partition coefficient (Wildman–Crippen LogP) is 2.03. The third-order valence-corrected chi connectivity index (χ3v) is 3.71. The molecule has 1 saturated carbocycles. The molecule has 0 radical (unpaired) electrons. The van der Waals surface area contributed by atoms with Gasteiger partial charge < -0.3 is 10.5 Å². The number of ether oxygens (including phenoxy) is 1. The Balaban J connectivity index is 2.42. The number of hydrogen-bond acceptors (Lipinski definition) is 3. The summed E-state index contributed by atoms with van der Waals surface area (Å²) in [5.74, 6) is 0.648. The Kier molecular flexibility index (Phi) is 7.49. The summed E-state index contributed by atoms with van der Waals surface area (Å²) in [6.45, 7) is 7.62. The minimum absolute atomic E-state index is 0.382. The van der Waals surface area contributed by atoms with Crippen LogP contribution in [0.15, 0.2) is 12.7 Å². The van der Waals surface area contributed by atoms with Gasteiger partial charge in [-0.25, -0.2) is 0 Å². The van der Waals surface area contributed by atoms with E-state index in [9.17, 15) is 0 Å². The van der Waals surface area contributed by atoms with Gasteiger partial charge >= 0.3 is 0 Å². The summed E-state index contributed by atoms with van der Waals surface area (Å²) in [5.41, 5.74) is 6.27. The fourth-order valence-corrected chi connectivity index (χ4v) is 2.63. The molecule has 17 heavy (non-hydrogen) atoms. The van der Waals surface area contributed by atoms with Crippen LogP contribution < -0.4 is 5.73 Å². The van der Waals surface area contributed by atoms with Crippen molar-refractivity contribution in [1.82, 2.24) is 4.90 Å². The van der Waals surface area contributed by atoms with Crippen molar-refractivity contribution in [3.8, 4) is 0 Å². The van der Waals surface area contributed by atoms with Crippen LogP contribution in [0.1, 0.15) is 32.1 Å². The Morgan fingerprint density at radius 3 is 2.82 bits per heavy atom. The standard InChI is InChI=1S/C14H28N2O/c1-3-9-16(10-11-17-2)12-13-7-5-4-6-8-14(13)15/h3,13-14H,1,4-12,15H2,2H3. The van der Waals surface area contributed by atoms with Crippen molar-refractivity contribution in [2.75, 3.05) is 33.4 Å². The second kappa shape index (κ2) is 8.67. The Morgan fingerprint density at radius 2 is 2.12 bits per heavy atom. The minimum Gasteiger partial charge on any atom is -0.383 e. The van der Waals surface area contributed by atoms with Gasteiger partial charge in [0.15, 0.2) is 0 Å². The van der Waals surface area contributed by atoms with Crippen LogP contribution in [0, 0.1) is 5.92 Å². The van der Waals surface area contributed by atoms with Crippen LogP contribution in [-0.2, 0) is 4.74 Å². The third kappa shape index (κ3) is 5.66. The summed E-state index contributed by atoms with van der Waals surface area (Å²) in [4.78, 5) is 2.41. The molecule has 0 saturated heterocycles. The molecule has 1 fully saturated rings. The highest BCUT2D eigenvalue weighted by Gasteiger charge is 2.22. The van der Waals surface area contributed by atoms with E-state index >= 15 is 0 Å². The van der Waals surface area contributed by atoms with E-state index in [2.05, 4.69) is 11.5 Å². The highest BCUT2D eigenvalue weighted by atomic mass is 16.5. The van der Waals surface area contributed by atoms with Crippen molar-refractivity contribution in [2.24, 2.45) is 11.7 Å². The second-order valence-corrected chi connectivity index (χ2v) is 5.10. The number of nitrogens with zero attached hydrogens (tertiary/aromatic N) is 1. The molecule has 2 N–H and O–H groups in total. The van der Waals surface area contributed by atoms with Crippen LogP contribution in [0.3, 0.4) is 0 Å². The first-order valence-electron chi connectivity index (χ1n) is 6.85. The van der Waals surface area contributed by atoms with Gasteiger partial charge in [-0.05, 0) is 18.8 Å². The molecule has 1 aliphatic rings. The largest absolute Gasteiger partial charge is 0.383 e. The molecule has 0 aromatic rings. The molecule has 1 rings (SSSR count). The number of nitrogens with two attached hydrogens (primary N) is 1. The molecule has 0 amide bonds. The topological polar surface area (TPSA) is 38.5 Å². The summed E-state index contributed by atoms with van der Waals surface area (Å²) in [6, 6.07) is 0.382. The molecule has 3 heteroatoms. The van der Waals surface area contributed by atoms with Crippen molar-refractivity contribution in [3.63, 3.8) is 0 Å². The average Bonchev–Trinajstić information content (AvgIpc) is 2.52. The van der Waals surface area contributed by atoms with Gasteiger partial charge in [-0.3, -0.25) is 4.90 Å². The van der Waals surface area contributed by atoms with Crippen molar-refractivity contribution in [2.45, 2.75) is 38.1 Å². The highest BCUT2D eigenvalue weighted by Crippen LogP contribution is 2.23. The Bertz CT molecular complexity index is 208. The van der Waals surface area contributed by atoms with Crippen molar-refractivity contribution in [3.05, 3.63) is 12.7 Å². The lowest BCUT2D eigenvalue weighted by Gasteiger charge is -2.29. The Hall–Kier alpha value is -0.380. The van der Waals surface area contributed by atoms with Gasteiger partial charge in [0, 0.05) is 32.8 Å². The Morgan fingerprint density at radius 1 is 1.35 bits per heavy atom. The van der Waals surface area contributed by atoms with Crippen LogP contribution in [0.4, 0.5) is 0 Å². The summed E-state index contributed by atoms with van der Waals surface area (Å²) in [5, 5.41) is 0. The van der Waals surface area contributed by atoms with Crippen molar-refractivity contribution >= 4 is 0 Å². The maximum atomic E-state index is 6.27. The molecule has 100 valence electrons. The van der Waals surface area contributed by atoms with E-state index in [-0.39, 0.29) is 0 Å². The second-order valence-electron chi connectivity index (χ2n) is 5.10. The van der Waals surface area contributed by atoms with E-state index in [1.807, 2.05) is 6.08 Å². The molecule has 0 aromatic carbocycles. The molecule has 0 spiro atoms. The summed E-state index contributed by atoms with van der Waals surface area (Å²) in [6.07, 6.45) is 8.43. The van der Waals surface area contributed by atoms with Crippen LogP contribution in [-0.4, -0.2) is 44.3 Å². The fraction of sp³-hybridized carbons (Fsp3) is 0.857. The predicted molar refractivity (Wildman–Crippen MR) is 73.1 cm³/mol. The first-order chi connectivity index (χ1) is 8.27. The first-order valence-corrected chi connectivity index (χ1v) is 6.85. The highest BCUT2D eigenvalue weighted by molar-refractivity contribution is 4.82. The number of rotatable bonds is 7. The summed E-state index contributed by atoms with van der Waals surface area (Å²) >= 11 is 0. The molecular weight excluding hydrogens is 212 g/mol. The lowest BCUT2D eigenvalue weighted by Crippen LogP contribution is -2.40. The zero-order valence-electron chi connectivity index (χ0n) is 11.2. The molecule has 0 aromatic heterocycles. The van der Waals surface area contributed by atoms with E-state index < -0.39 is 0 Å². The van der Waals surface area contributed by atoms with Crippen LogP contribution in [0.25, 0.3) is 0 Å². The van der Waals surface area contributed by atoms with Gasteiger partial charge in [0.1, 0.15) is 0 Å². The van der Waals surface area contributed by atoms with E-state index in [4.69, 9.17) is 10.5 Å². The quantitative estimate of drug-likeness (QED) is 0.546. The van der Waals surface area contributed by atoms with Crippen LogP contribution >= 0.6 is 0 Å². The Labute approximate surface area is 106 Å². The van der Waals surface area contributed by atoms with Gasteiger partial charge in [0.25, 0.3) is 0 Å². The molecule has 0 aliphatic heterocycles. The molecule has 0 bridgehead atoms. The molecule has 1 aliphatic carbocycles. The van der Waals surface area contributed by atoms with E-state index in [0.29, 0.717) is 12.0 Å². The number of methoxy groups -OCH3 is 1. The van der Waals surface area contributed by atoms with Crippen LogP contribution in [0.2, 0.25) is 0 Å². The molecule has 0 heterocycles. The zero-order chi connectivity index (χ0) is 12.5. The van der Waals surface area contributed by atoms with Gasteiger partial charge in [-0.15, -0.1) is 6.58 Å². The molecule has 2 unspecified atom stereocenters. The van der Waals surface area contributed by atoms with Gasteiger partial charge in [-0.2, -0.15) is 0 Å². The lowest BCUT2D eigenvalue weighted by atomic mass is 9.95. The van der Waals surface area contributed by atoms with Crippen LogP contribution in [0.5, 0.6) is 0 Å². The maximum Gasteiger partial charge on any atom is 0.0589 e. The molecule has 2 atom stereocenters.